The highest BCUT2D eigenvalue weighted by molar-refractivity contribution is 5.91. The van der Waals surface area contributed by atoms with E-state index in [0.717, 1.165) is 28.9 Å². The Hall–Kier alpha value is -2.87. The lowest BCUT2D eigenvalue weighted by Crippen LogP contribution is -2.17. The van der Waals surface area contributed by atoms with Crippen molar-refractivity contribution in [3.63, 3.8) is 0 Å². The van der Waals surface area contributed by atoms with Crippen LogP contribution in [-0.2, 0) is 22.0 Å². The van der Waals surface area contributed by atoms with Crippen molar-refractivity contribution in [1.29, 1.82) is 0 Å². The zero-order valence-electron chi connectivity index (χ0n) is 19.3. The van der Waals surface area contributed by atoms with Crippen molar-refractivity contribution in [1.82, 2.24) is 0 Å². The molecule has 3 aromatic rings. The van der Waals surface area contributed by atoms with Crippen LogP contribution in [0.3, 0.4) is 0 Å². The molecule has 5 rings (SSSR count). The molecule has 0 radical (unpaired) electrons. The maximum Gasteiger partial charge on any atom is 0.323 e. The third-order valence-corrected chi connectivity index (χ3v) is 6.70. The zero-order valence-corrected chi connectivity index (χ0v) is 19.3. The molecule has 0 saturated heterocycles. The Morgan fingerprint density at radius 1 is 0.806 bits per heavy atom. The summed E-state index contributed by atoms with van der Waals surface area (Å²) in [7, 11) is 0. The predicted octanol–water partition coefficient (Wildman–Crippen LogP) is 6.90. The van der Waals surface area contributed by atoms with E-state index < -0.39 is 0 Å². The van der Waals surface area contributed by atoms with Crippen LogP contribution < -0.4 is 4.74 Å². The van der Waals surface area contributed by atoms with Gasteiger partial charge in [0.05, 0.1) is 0 Å². The molecule has 0 spiro atoms. The molecule has 2 aliphatic rings. The van der Waals surface area contributed by atoms with E-state index in [2.05, 4.69) is 96.1 Å². The molecule has 31 heavy (non-hydrogen) atoms. The SMILES string of the molecule is CC(C)(C)c1cc2c(c(C(C)(C)C)c1)OC(=O)C2c1ccc2c(c1)-c1ccccc1C2. The largest absolute Gasteiger partial charge is 0.425 e. The van der Waals surface area contributed by atoms with Gasteiger partial charge in [-0.15, -0.1) is 0 Å². The minimum atomic E-state index is -0.378. The lowest BCUT2D eigenvalue weighted by molar-refractivity contribution is -0.133. The highest BCUT2D eigenvalue weighted by Gasteiger charge is 2.40. The first kappa shape index (κ1) is 20.1. The Bertz CT molecular complexity index is 1220. The van der Waals surface area contributed by atoms with Gasteiger partial charge in [-0.05, 0) is 56.7 Å². The number of ether oxygens (including phenoxy) is 1. The van der Waals surface area contributed by atoms with Gasteiger partial charge in [-0.25, -0.2) is 0 Å². The third-order valence-electron chi connectivity index (χ3n) is 6.70. The second-order valence-electron chi connectivity index (χ2n) is 11.0. The maximum atomic E-state index is 13.2. The first-order valence-electron chi connectivity index (χ1n) is 11.2. The highest BCUT2D eigenvalue weighted by atomic mass is 16.5. The Kier molecular flexibility index (Phi) is 4.25. The maximum absolute atomic E-state index is 13.2. The van der Waals surface area contributed by atoms with E-state index in [4.69, 9.17) is 4.74 Å². The summed E-state index contributed by atoms with van der Waals surface area (Å²) in [5.41, 5.74) is 9.47. The normalized spacial score (nSPS) is 17.2. The summed E-state index contributed by atoms with van der Waals surface area (Å²) in [5, 5.41) is 0. The second-order valence-corrected chi connectivity index (χ2v) is 11.0. The molecule has 1 aliphatic heterocycles. The smallest absolute Gasteiger partial charge is 0.323 e. The van der Waals surface area contributed by atoms with Gasteiger partial charge < -0.3 is 4.74 Å². The van der Waals surface area contributed by atoms with Crippen molar-refractivity contribution in [3.05, 3.63) is 88.0 Å². The average molecular weight is 411 g/mol. The number of hydrogen-bond acceptors (Lipinski definition) is 2. The molecule has 0 amide bonds. The van der Waals surface area contributed by atoms with Gasteiger partial charge in [0.25, 0.3) is 0 Å². The summed E-state index contributed by atoms with van der Waals surface area (Å²) in [5.74, 6) is 0.214. The number of rotatable bonds is 1. The quantitative estimate of drug-likeness (QED) is 0.252. The van der Waals surface area contributed by atoms with Crippen LogP contribution in [0.25, 0.3) is 11.1 Å². The summed E-state index contributed by atoms with van der Waals surface area (Å²) in [6.45, 7) is 13.2. The van der Waals surface area contributed by atoms with Gasteiger partial charge in [0.15, 0.2) is 0 Å². The lowest BCUT2D eigenvalue weighted by Gasteiger charge is -2.27. The molecule has 1 atom stereocenters. The molecule has 0 bridgehead atoms. The molecular weight excluding hydrogens is 380 g/mol. The Labute approximate surface area is 185 Å². The van der Waals surface area contributed by atoms with Crippen molar-refractivity contribution in [2.45, 2.75) is 64.7 Å². The van der Waals surface area contributed by atoms with E-state index in [0.29, 0.717) is 0 Å². The Morgan fingerprint density at radius 2 is 1.52 bits per heavy atom. The number of benzene rings is 3. The molecular formula is C29H30O2. The summed E-state index contributed by atoms with van der Waals surface area (Å²) < 4.78 is 5.95. The van der Waals surface area contributed by atoms with E-state index in [1.165, 1.54) is 27.8 Å². The van der Waals surface area contributed by atoms with Crippen LogP contribution in [0.2, 0.25) is 0 Å². The number of fused-ring (bicyclic) bond motifs is 4. The van der Waals surface area contributed by atoms with Crippen molar-refractivity contribution in [3.8, 4) is 16.9 Å². The standard InChI is InChI=1S/C29H30O2/c1-28(2,3)20-15-23-25(27(30)31-26(23)24(16-20)29(4,5)6)19-12-11-18-13-17-9-7-8-10-21(17)22(18)14-19/h7-12,14-16,25H,13H2,1-6H3. The lowest BCUT2D eigenvalue weighted by atomic mass is 9.77. The monoisotopic (exact) mass is 410 g/mol. The van der Waals surface area contributed by atoms with Crippen molar-refractivity contribution >= 4 is 5.97 Å². The van der Waals surface area contributed by atoms with Gasteiger partial charge in [0.2, 0.25) is 0 Å². The summed E-state index contributed by atoms with van der Waals surface area (Å²) in [4.78, 5) is 13.2. The average Bonchev–Trinajstić information content (AvgIpc) is 3.21. The molecule has 1 unspecified atom stereocenters. The topological polar surface area (TPSA) is 26.3 Å². The Balaban J connectivity index is 1.69. The summed E-state index contributed by atoms with van der Waals surface area (Å²) >= 11 is 0. The molecule has 1 heterocycles. The fraction of sp³-hybridized carbons (Fsp3) is 0.345. The first-order valence-corrected chi connectivity index (χ1v) is 11.2. The van der Waals surface area contributed by atoms with Crippen molar-refractivity contribution in [2.75, 3.05) is 0 Å². The van der Waals surface area contributed by atoms with Gasteiger partial charge in [0.1, 0.15) is 11.7 Å². The van der Waals surface area contributed by atoms with Crippen molar-refractivity contribution < 1.29 is 9.53 Å². The molecule has 158 valence electrons. The van der Waals surface area contributed by atoms with E-state index >= 15 is 0 Å². The van der Waals surface area contributed by atoms with Gasteiger partial charge in [0, 0.05) is 11.1 Å². The van der Waals surface area contributed by atoms with E-state index in [1.807, 2.05) is 0 Å². The van der Waals surface area contributed by atoms with Crippen LogP contribution in [0.1, 0.15) is 80.8 Å². The van der Waals surface area contributed by atoms with Gasteiger partial charge >= 0.3 is 5.97 Å². The predicted molar refractivity (Wildman–Crippen MR) is 126 cm³/mol. The van der Waals surface area contributed by atoms with Crippen LogP contribution in [0.4, 0.5) is 0 Å². The summed E-state index contributed by atoms with van der Waals surface area (Å²) in [6.07, 6.45) is 0.958. The summed E-state index contributed by atoms with van der Waals surface area (Å²) in [6, 6.07) is 19.5. The minimum absolute atomic E-state index is 0.0118. The molecule has 2 nitrogen and oxygen atoms in total. The number of carbonyl (C=O) groups excluding carboxylic acids is 1. The first-order chi connectivity index (χ1) is 14.5. The van der Waals surface area contributed by atoms with Crippen LogP contribution >= 0.6 is 0 Å². The van der Waals surface area contributed by atoms with Gasteiger partial charge in [-0.2, -0.15) is 0 Å². The van der Waals surface area contributed by atoms with Crippen molar-refractivity contribution in [2.24, 2.45) is 0 Å². The molecule has 0 N–H and O–H groups in total. The van der Waals surface area contributed by atoms with Gasteiger partial charge in [-0.3, -0.25) is 4.79 Å². The number of esters is 1. The number of carbonyl (C=O) groups is 1. The zero-order chi connectivity index (χ0) is 22.1. The second kappa shape index (κ2) is 6.56. The van der Waals surface area contributed by atoms with E-state index in [9.17, 15) is 4.79 Å². The molecule has 3 aromatic carbocycles. The molecule has 2 heteroatoms. The molecule has 0 saturated carbocycles. The highest BCUT2D eigenvalue weighted by Crippen LogP contribution is 2.48. The molecule has 0 fully saturated rings. The third kappa shape index (κ3) is 3.20. The fourth-order valence-corrected chi connectivity index (χ4v) is 4.89. The minimum Gasteiger partial charge on any atom is -0.425 e. The van der Waals surface area contributed by atoms with Crippen LogP contribution in [0.5, 0.6) is 5.75 Å². The Morgan fingerprint density at radius 3 is 2.23 bits per heavy atom. The van der Waals surface area contributed by atoms with Gasteiger partial charge in [-0.1, -0.05) is 90.1 Å². The molecule has 0 aromatic heterocycles. The van der Waals surface area contributed by atoms with Crippen LogP contribution in [0, 0.1) is 0 Å². The fourth-order valence-electron chi connectivity index (χ4n) is 4.89. The molecule has 1 aliphatic carbocycles. The number of hydrogen-bond donors (Lipinski definition) is 0. The van der Waals surface area contributed by atoms with E-state index in [-0.39, 0.29) is 22.7 Å². The van der Waals surface area contributed by atoms with Crippen LogP contribution in [0.15, 0.2) is 54.6 Å². The van der Waals surface area contributed by atoms with E-state index in [1.54, 1.807) is 0 Å². The van der Waals surface area contributed by atoms with Crippen LogP contribution in [-0.4, -0.2) is 5.97 Å².